The summed E-state index contributed by atoms with van der Waals surface area (Å²) in [6.45, 7) is 4.46. The molecule has 0 saturated carbocycles. The molecular formula is C62H99N21O22S2. The molecular weight excluding hydrogens is 1450 g/mol. The number of hydrogen-bond acceptors (Lipinski definition) is 35. The Hall–Kier alpha value is -8.30. The van der Waals surface area contributed by atoms with Crippen LogP contribution in [0.25, 0.3) is 10.7 Å². The number of rotatable bonds is 45. The van der Waals surface area contributed by atoms with Crippen molar-refractivity contribution in [2.45, 2.75) is 195 Å². The number of primary amides is 3. The molecule has 0 spiro atoms. The Morgan fingerprint density at radius 2 is 1.41 bits per heavy atom. The zero-order valence-corrected chi connectivity index (χ0v) is 60.5. The predicted molar refractivity (Wildman–Crippen MR) is 376 cm³/mol. The van der Waals surface area contributed by atoms with Crippen molar-refractivity contribution in [1.29, 1.82) is 0 Å². The second-order valence-corrected chi connectivity index (χ2v) is 27.2. The summed E-state index contributed by atoms with van der Waals surface area (Å²) in [5.74, 6) is -7.52. The fourth-order valence-corrected chi connectivity index (χ4v) is 12.5. The molecule has 0 aliphatic carbocycles. The smallest absolute Gasteiger partial charge is 0.404 e. The fraction of sp³-hybridized carbons (Fsp3) is 0.645. The number of nitrogens with one attached hydrogen (secondary N) is 9. The molecule has 4 aromatic rings. The molecule has 0 aromatic carbocycles. The lowest BCUT2D eigenvalue weighted by Gasteiger charge is -2.47. The quantitative estimate of drug-likeness (QED) is 0.0183. The largest absolute Gasteiger partial charge is 0.441 e. The Balaban J connectivity index is 1.14. The first-order chi connectivity index (χ1) is 50.8. The number of aliphatic hydroxyl groups excluding tert-OH is 8. The van der Waals surface area contributed by atoms with Gasteiger partial charge in [-0.25, -0.2) is 29.7 Å². The van der Waals surface area contributed by atoms with Crippen LogP contribution >= 0.6 is 22.7 Å². The monoisotopic (exact) mass is 1550 g/mol. The van der Waals surface area contributed by atoms with Crippen LogP contribution in [-0.4, -0.2) is 287 Å². The summed E-state index contributed by atoms with van der Waals surface area (Å²) >= 11 is 2.44. The summed E-state index contributed by atoms with van der Waals surface area (Å²) in [6.07, 6.45) is -22.2. The van der Waals surface area contributed by atoms with E-state index < -0.39 is 189 Å². The van der Waals surface area contributed by atoms with Crippen LogP contribution in [-0.2, 0) is 58.9 Å². The number of aromatic amines is 1. The molecule has 9 amide bonds. The van der Waals surface area contributed by atoms with Crippen LogP contribution in [0.5, 0.6) is 0 Å². The molecule has 2 aliphatic heterocycles. The molecule has 2 aliphatic rings. The third-order valence-electron chi connectivity index (χ3n) is 17.0. The lowest BCUT2D eigenvalue weighted by molar-refractivity contribution is -0.372. The van der Waals surface area contributed by atoms with Crippen molar-refractivity contribution >= 4 is 81.8 Å². The van der Waals surface area contributed by atoms with Gasteiger partial charge in [-0.05, 0) is 72.5 Å². The van der Waals surface area contributed by atoms with E-state index >= 15 is 4.79 Å². The molecule has 45 heteroatoms. The zero-order valence-electron chi connectivity index (χ0n) is 58.9. The van der Waals surface area contributed by atoms with E-state index in [2.05, 4.69) is 72.4 Å². The molecule has 596 valence electrons. The average molecular weight is 1550 g/mol. The van der Waals surface area contributed by atoms with Crippen LogP contribution in [0, 0.1) is 6.92 Å². The van der Waals surface area contributed by atoms with Gasteiger partial charge in [0.25, 0.3) is 11.8 Å². The van der Waals surface area contributed by atoms with Crippen LogP contribution in [0.4, 0.5) is 10.6 Å². The second-order valence-electron chi connectivity index (χ2n) is 25.4. The van der Waals surface area contributed by atoms with Gasteiger partial charge in [-0.1, -0.05) is 0 Å². The maximum Gasteiger partial charge on any atom is 0.404 e. The number of unbranched alkanes of at least 4 members (excludes halogenated alkanes) is 1. The third-order valence-corrected chi connectivity index (χ3v) is 18.7. The highest BCUT2D eigenvalue weighted by atomic mass is 32.1. The Bertz CT molecular complexity index is 3550. The summed E-state index contributed by atoms with van der Waals surface area (Å²) in [4.78, 5) is 143. The number of anilines is 1. The number of nitrogen functional groups attached to an aromatic ring is 1. The van der Waals surface area contributed by atoms with Crippen LogP contribution in [0.3, 0.4) is 0 Å². The third kappa shape index (κ3) is 26.2. The van der Waals surface area contributed by atoms with E-state index in [1.54, 1.807) is 10.8 Å². The van der Waals surface area contributed by atoms with Crippen molar-refractivity contribution in [2.24, 2.45) is 34.4 Å². The number of thiazole rings is 2. The SMILES string of the molecule is Cc1c(N)nc([C@H](CC(N)=O)NC[C@H](N)C(N)=O)nc1C(=O)N[C@H](C(=O)N[C@H](C)[C@@H](O)CC(=O)N[C@H](C(=O)NCCc1nc(-c2nc(C(=O)NCCCC(N)CC(=O)NCCCNCCCCN)cs2)cs1)[C@@H](C)O)[C@@H](O[C@@H]1O[C@@H](CO)[C@@H](O)[C@H](O)[C@@H]1O[C@H]1O[C@H](CO)[C@@H](O)[C@H](OC(N)=O)[C@@H]1O)c1cnc[nH]1. The number of hydrogen-bond donors (Lipinski definition) is 24. The maximum absolute atomic E-state index is 15.1. The molecule has 31 N–H and O–H groups in total. The number of amides is 9. The second kappa shape index (κ2) is 43.0. The van der Waals surface area contributed by atoms with Crippen LogP contribution in [0.1, 0.15) is 120 Å². The summed E-state index contributed by atoms with van der Waals surface area (Å²) in [5, 5.41) is 114. The standard InChI is InChI=1S/C62H99N21O22S2/c1-26-42(81-54(83-52(26)67)31(17-38(66)88)75-19-30(65)53(68)95)57(98)82-44(49(32-20-71-25-76-32)103-61-51(47(93)45(91)36(21-84)102-61)104-60-48(94)50(105-62(69)100)46(92)37(22-85)101-60)58(99)77-27(2)35(87)18-40(90)80-43(28(3)86)56(97)74-15-9-41-78-34(24-106-41)59-79-33(23-107-59)55(96)73-13-6-8-29(64)16-39(89)72-14-7-12-70-11-5-4-10-63/h20,23-25,27-31,35-37,43-51,60-61,70,75,84-87,91-94H,4-19,21-22,63-65H2,1-3H3,(H2,66,88)(H2,68,95)(H2,69,100)(H,71,76)(H,72,89)(H,73,96)(H,74,97)(H,77,99)(H,80,90)(H,82,98)(H2,67,81,83)/t27-,28-,29?,30+,31+,35+,36+,37-,43+,44+,45-,46-,47+,48+,49+,50+,51+,60-,61+/m1/s1. The normalized spacial score (nSPS) is 22.6. The van der Waals surface area contributed by atoms with Crippen molar-refractivity contribution in [3.63, 3.8) is 0 Å². The topological polar surface area (TPSA) is 720 Å². The van der Waals surface area contributed by atoms with Gasteiger partial charge in [0.1, 0.15) is 94.6 Å². The van der Waals surface area contributed by atoms with Gasteiger partial charge in [0.05, 0.1) is 73.2 Å². The number of nitrogens with two attached hydrogens (primary N) is 7. The first-order valence-corrected chi connectivity index (χ1v) is 36.0. The Kier molecular flexibility index (Phi) is 35.2. The van der Waals surface area contributed by atoms with Crippen LogP contribution in [0.2, 0.25) is 0 Å². The van der Waals surface area contributed by atoms with Crippen molar-refractivity contribution in [2.75, 3.05) is 64.8 Å². The summed E-state index contributed by atoms with van der Waals surface area (Å²) in [5.41, 5.74) is 39.6. The van der Waals surface area contributed by atoms with E-state index in [0.717, 1.165) is 44.9 Å². The molecule has 0 bridgehead atoms. The number of nitrogens with zero attached hydrogens (tertiary/aromatic N) is 5. The van der Waals surface area contributed by atoms with Crippen LogP contribution < -0.4 is 82.7 Å². The van der Waals surface area contributed by atoms with E-state index in [1.165, 1.54) is 43.4 Å². The maximum atomic E-state index is 15.1. The predicted octanol–water partition coefficient (Wildman–Crippen LogP) is -8.89. The Morgan fingerprint density at radius 1 is 0.710 bits per heavy atom. The highest BCUT2D eigenvalue weighted by Crippen LogP contribution is 2.35. The molecule has 4 aromatic heterocycles. The van der Waals surface area contributed by atoms with Crippen molar-refractivity contribution in [3.05, 3.63) is 56.8 Å². The molecule has 2 saturated heterocycles. The minimum atomic E-state index is -2.21. The first kappa shape index (κ1) is 87.6. The first-order valence-electron chi connectivity index (χ1n) is 34.2. The average Bonchev–Trinajstić information content (AvgIpc) is 0.986. The van der Waals surface area contributed by atoms with Gasteiger partial charge in [-0.3, -0.25) is 38.4 Å². The molecule has 6 heterocycles. The van der Waals surface area contributed by atoms with Gasteiger partial charge in [-0.15, -0.1) is 22.7 Å². The van der Waals surface area contributed by atoms with Gasteiger partial charge in [0, 0.05) is 67.8 Å². The Morgan fingerprint density at radius 3 is 2.07 bits per heavy atom. The lowest BCUT2D eigenvalue weighted by atomic mass is 9.97. The van der Waals surface area contributed by atoms with E-state index in [4.69, 9.17) is 63.8 Å². The van der Waals surface area contributed by atoms with E-state index in [0.29, 0.717) is 48.2 Å². The molecule has 2 fully saturated rings. The number of aliphatic hydroxyl groups is 8. The van der Waals surface area contributed by atoms with Gasteiger partial charge >= 0.3 is 6.09 Å². The minimum Gasteiger partial charge on any atom is -0.441 e. The number of H-pyrrole nitrogens is 1. The number of ether oxygens (including phenoxy) is 5. The van der Waals surface area contributed by atoms with Crippen molar-refractivity contribution < 1.29 is 108 Å². The van der Waals surface area contributed by atoms with Crippen LogP contribution in [0.15, 0.2) is 23.3 Å². The highest BCUT2D eigenvalue weighted by molar-refractivity contribution is 7.14. The minimum absolute atomic E-state index is 0.0369. The zero-order chi connectivity index (χ0) is 78.8. The Labute approximate surface area is 620 Å². The molecule has 43 nitrogen and oxygen atoms in total. The van der Waals surface area contributed by atoms with Crippen molar-refractivity contribution in [1.82, 2.24) is 72.4 Å². The molecule has 19 atom stereocenters. The van der Waals surface area contributed by atoms with Crippen molar-refractivity contribution in [3.8, 4) is 10.7 Å². The van der Waals surface area contributed by atoms with Gasteiger partial charge in [-0.2, -0.15) is 0 Å². The van der Waals surface area contributed by atoms with E-state index in [-0.39, 0.29) is 66.5 Å². The molecule has 0 radical (unpaired) electrons. The number of aromatic nitrogens is 6. The van der Waals surface area contributed by atoms with E-state index in [9.17, 15) is 79.2 Å². The van der Waals surface area contributed by atoms with Gasteiger partial charge < -0.3 is 152 Å². The highest BCUT2D eigenvalue weighted by Gasteiger charge is 2.54. The van der Waals surface area contributed by atoms with Gasteiger partial charge in [0.2, 0.25) is 35.4 Å². The lowest BCUT2D eigenvalue weighted by Crippen LogP contribution is -2.65. The molecule has 6 rings (SSSR count). The summed E-state index contributed by atoms with van der Waals surface area (Å²) < 4.78 is 28.7. The number of carbonyl (C=O) groups excluding carboxylic acids is 9. The molecule has 1 unspecified atom stereocenters. The van der Waals surface area contributed by atoms with E-state index in [1.807, 2.05) is 0 Å². The summed E-state index contributed by atoms with van der Waals surface area (Å²) in [6, 6.07) is -8.27. The summed E-state index contributed by atoms with van der Waals surface area (Å²) in [7, 11) is 0. The fourth-order valence-electron chi connectivity index (χ4n) is 10.9. The molecule has 107 heavy (non-hydrogen) atoms. The number of imidazole rings is 1. The van der Waals surface area contributed by atoms with Gasteiger partial charge in [0.15, 0.2) is 18.7 Å². The number of carbonyl (C=O) groups is 9.